The lowest BCUT2D eigenvalue weighted by atomic mass is 9.86. The average molecular weight is 472 g/mol. The van der Waals surface area contributed by atoms with Crippen LogP contribution >= 0.6 is 0 Å². The molecule has 174 valence electrons. The maximum absolute atomic E-state index is 12.3. The lowest BCUT2D eigenvalue weighted by Crippen LogP contribution is -2.77. The van der Waals surface area contributed by atoms with E-state index in [0.29, 0.717) is 0 Å². The van der Waals surface area contributed by atoms with Crippen LogP contribution in [0.4, 0.5) is 0 Å². The Morgan fingerprint density at radius 1 is 1.25 bits per heavy atom. The van der Waals surface area contributed by atoms with E-state index in [-0.39, 0.29) is 23.2 Å². The summed E-state index contributed by atoms with van der Waals surface area (Å²) in [6.45, 7) is -0.909. The van der Waals surface area contributed by atoms with Gasteiger partial charge < -0.3 is 41.7 Å². The topological polar surface area (TPSA) is 243 Å². The first-order valence-electron chi connectivity index (χ1n) is 9.14. The summed E-state index contributed by atoms with van der Waals surface area (Å²) in [5.74, 6) is -4.28. The predicted octanol–water partition coefficient (Wildman–Crippen LogP) is -3.59. The van der Waals surface area contributed by atoms with Gasteiger partial charge in [0.25, 0.3) is 0 Å². The van der Waals surface area contributed by atoms with Crippen LogP contribution in [0.5, 0.6) is 5.75 Å². The van der Waals surface area contributed by atoms with Crippen molar-refractivity contribution in [1.29, 1.82) is 0 Å². The molecular weight excluding hydrogens is 452 g/mol. The van der Waals surface area contributed by atoms with Gasteiger partial charge in [0.1, 0.15) is 24.4 Å². The number of benzene rings is 1. The van der Waals surface area contributed by atoms with Crippen molar-refractivity contribution in [3.8, 4) is 5.75 Å². The van der Waals surface area contributed by atoms with Crippen LogP contribution in [-0.4, -0.2) is 93.9 Å². The smallest absolute Gasteiger partial charge is 0.397 e. The van der Waals surface area contributed by atoms with E-state index in [9.17, 15) is 28.5 Å². The van der Waals surface area contributed by atoms with Gasteiger partial charge in [0, 0.05) is 0 Å². The van der Waals surface area contributed by atoms with Crippen molar-refractivity contribution in [2.45, 2.75) is 29.6 Å². The second-order valence-electron chi connectivity index (χ2n) is 7.40. The minimum absolute atomic E-state index is 0.0415. The van der Waals surface area contributed by atoms with Crippen molar-refractivity contribution >= 4 is 28.3 Å². The number of hydrogen-bond acceptors (Lipinski definition) is 14. The normalized spacial score (nSPS) is 30.6. The fraction of sp³-hybridized carbons (Fsp3) is 0.438. The van der Waals surface area contributed by atoms with E-state index in [1.54, 1.807) is 0 Å². The Morgan fingerprint density at radius 3 is 2.53 bits per heavy atom. The molecule has 4 unspecified atom stereocenters. The van der Waals surface area contributed by atoms with Crippen molar-refractivity contribution in [3.05, 3.63) is 29.8 Å². The maximum atomic E-state index is 12.3. The summed E-state index contributed by atoms with van der Waals surface area (Å²) in [5.41, 5.74) is 9.86. The fourth-order valence-electron chi connectivity index (χ4n) is 4.13. The van der Waals surface area contributed by atoms with E-state index < -0.39 is 59.2 Å². The number of phenolic OH excluding ortho intramolecular Hbond substituents is 1. The molecule has 15 nitrogen and oxygen atoms in total. The fourth-order valence-corrected chi connectivity index (χ4v) is 4.61. The van der Waals surface area contributed by atoms with Gasteiger partial charge >= 0.3 is 16.4 Å². The van der Waals surface area contributed by atoms with Crippen molar-refractivity contribution in [2.24, 2.45) is 21.5 Å². The van der Waals surface area contributed by atoms with Gasteiger partial charge in [-0.2, -0.15) is 8.42 Å². The highest BCUT2D eigenvalue weighted by molar-refractivity contribution is 7.80. The summed E-state index contributed by atoms with van der Waals surface area (Å²) >= 11 is 0. The molecule has 1 fully saturated rings. The maximum Gasteiger partial charge on any atom is 0.397 e. The molecule has 1 spiro atoms. The number of ether oxygens (including phenoxy) is 1. The number of aliphatic imine (C=N–C) groups is 2. The Hall–Kier alpha value is -3.18. The van der Waals surface area contributed by atoms with Crippen LogP contribution < -0.4 is 16.8 Å². The van der Waals surface area contributed by atoms with E-state index >= 15 is 0 Å². The molecule has 0 bridgehead atoms. The van der Waals surface area contributed by atoms with Gasteiger partial charge in [-0.1, -0.05) is 0 Å². The summed E-state index contributed by atoms with van der Waals surface area (Å²) in [6.07, 6.45) is -1.89. The molecule has 1 aromatic carbocycles. The Kier molecular flexibility index (Phi) is 4.94. The first kappa shape index (κ1) is 22.0. The van der Waals surface area contributed by atoms with Crippen LogP contribution in [0.25, 0.3) is 0 Å². The first-order chi connectivity index (χ1) is 14.8. The molecule has 16 heteroatoms. The first-order valence-corrected chi connectivity index (χ1v) is 10.5. The molecule has 0 amide bonds. The zero-order valence-electron chi connectivity index (χ0n) is 16.2. The average Bonchev–Trinajstić information content (AvgIpc) is 3.15. The minimum Gasteiger partial charge on any atom is -0.508 e. The summed E-state index contributed by atoms with van der Waals surface area (Å²) in [5, 5.41) is 33.7. The summed E-state index contributed by atoms with van der Waals surface area (Å²) in [7, 11) is -5.06. The van der Waals surface area contributed by atoms with E-state index in [2.05, 4.69) is 19.5 Å². The molecule has 0 radical (unpaired) electrons. The second kappa shape index (κ2) is 7.17. The van der Waals surface area contributed by atoms with Gasteiger partial charge in [-0.25, -0.2) is 19.0 Å². The molecular formula is C16H20N6O9S. The highest BCUT2D eigenvalue weighted by Gasteiger charge is 2.74. The number of rotatable bonds is 5. The number of nitrogens with two attached hydrogens (primary N) is 2. The van der Waals surface area contributed by atoms with Gasteiger partial charge in [0.15, 0.2) is 23.7 Å². The summed E-state index contributed by atoms with van der Waals surface area (Å²) in [6, 6.07) is 3.02. The van der Waals surface area contributed by atoms with E-state index in [1.807, 2.05) is 0 Å². The highest BCUT2D eigenvalue weighted by atomic mass is 32.3. The Morgan fingerprint density at radius 2 is 1.91 bits per heavy atom. The van der Waals surface area contributed by atoms with Crippen LogP contribution in [0.2, 0.25) is 0 Å². The molecule has 3 heterocycles. The van der Waals surface area contributed by atoms with E-state index in [4.69, 9.17) is 20.8 Å². The number of guanidine groups is 2. The molecule has 4 rings (SSSR count). The van der Waals surface area contributed by atoms with Crippen LogP contribution in [0.15, 0.2) is 34.3 Å². The standard InChI is InChI=1S/C16H20N6O9S/c17-13-20-11-9(6-30-12(24)7-1-3-8(23)4-2-7)19-14(18)22-5-10(31-32(27,28)29)16(25,26)15(11,22)21-13/h1-4,9-11,23,25-26H,5-6H2,(H2,18,19)(H3,17,20,21)(H,27,28,29). The number of carbonyl (C=O) groups excluding carboxylic acids is 1. The molecule has 1 aromatic rings. The van der Waals surface area contributed by atoms with E-state index in [0.717, 1.165) is 4.90 Å². The number of esters is 1. The van der Waals surface area contributed by atoms with Crippen molar-refractivity contribution in [2.75, 3.05) is 13.2 Å². The van der Waals surface area contributed by atoms with Crippen molar-refractivity contribution in [3.63, 3.8) is 0 Å². The zero-order chi connectivity index (χ0) is 23.5. The number of aromatic hydroxyl groups is 1. The second-order valence-corrected chi connectivity index (χ2v) is 8.45. The molecule has 0 aromatic heterocycles. The summed E-state index contributed by atoms with van der Waals surface area (Å²) in [4.78, 5) is 21.7. The Labute approximate surface area is 180 Å². The van der Waals surface area contributed by atoms with Crippen molar-refractivity contribution in [1.82, 2.24) is 10.2 Å². The number of aliphatic hydroxyl groups is 2. The third kappa shape index (κ3) is 3.37. The van der Waals surface area contributed by atoms with Gasteiger partial charge in [-0.05, 0) is 24.3 Å². The summed E-state index contributed by atoms with van der Waals surface area (Å²) < 4.78 is 41.1. The molecule has 1 saturated heterocycles. The molecule has 32 heavy (non-hydrogen) atoms. The molecule has 3 aliphatic rings. The lowest BCUT2D eigenvalue weighted by Gasteiger charge is -2.48. The third-order valence-corrected chi connectivity index (χ3v) is 5.95. The minimum atomic E-state index is -5.06. The molecule has 3 aliphatic heterocycles. The zero-order valence-corrected chi connectivity index (χ0v) is 17.0. The quantitative estimate of drug-likeness (QED) is 0.125. The molecule has 0 aliphatic carbocycles. The molecule has 0 saturated carbocycles. The Balaban J connectivity index is 1.62. The number of carbonyl (C=O) groups is 1. The van der Waals surface area contributed by atoms with E-state index in [1.165, 1.54) is 24.3 Å². The number of nitrogens with zero attached hydrogens (tertiary/aromatic N) is 3. The lowest BCUT2D eigenvalue weighted by molar-refractivity contribution is -0.252. The number of hydrogen-bond donors (Lipinski definition) is 7. The van der Waals surface area contributed by atoms with Gasteiger partial charge in [-0.3, -0.25) is 4.55 Å². The van der Waals surface area contributed by atoms with Gasteiger partial charge in [0.2, 0.25) is 5.79 Å². The van der Waals surface area contributed by atoms with Crippen LogP contribution in [0.1, 0.15) is 10.4 Å². The SMILES string of the molecule is NC1=NC2C(COC(=O)c3ccc(O)cc3)N=C(N)N3CC(OS(=O)(=O)O)C(O)(O)C23N1. The van der Waals surface area contributed by atoms with Gasteiger partial charge in [0.05, 0.1) is 12.1 Å². The molecule has 9 N–H and O–H groups in total. The number of phenols is 1. The van der Waals surface area contributed by atoms with Crippen LogP contribution in [-0.2, 0) is 19.3 Å². The van der Waals surface area contributed by atoms with Crippen LogP contribution in [0.3, 0.4) is 0 Å². The predicted molar refractivity (Wildman–Crippen MR) is 105 cm³/mol. The van der Waals surface area contributed by atoms with Crippen molar-refractivity contribution < 1.29 is 42.0 Å². The van der Waals surface area contributed by atoms with Gasteiger partial charge in [-0.15, -0.1) is 0 Å². The largest absolute Gasteiger partial charge is 0.508 e. The monoisotopic (exact) mass is 472 g/mol. The molecule has 4 atom stereocenters. The Bertz CT molecular complexity index is 1110. The van der Waals surface area contributed by atoms with Crippen LogP contribution in [0, 0.1) is 0 Å². The highest BCUT2D eigenvalue weighted by Crippen LogP contribution is 2.46. The number of nitrogens with one attached hydrogen (secondary N) is 1. The third-order valence-electron chi connectivity index (χ3n) is 5.47.